The molecule has 1 rings (SSSR count). The Morgan fingerprint density at radius 2 is 2.00 bits per heavy atom. The van der Waals surface area contributed by atoms with Crippen molar-refractivity contribution in [2.75, 3.05) is 45.5 Å². The lowest BCUT2D eigenvalue weighted by Crippen LogP contribution is -2.37. The fourth-order valence-electron chi connectivity index (χ4n) is 1.85. The summed E-state index contributed by atoms with van der Waals surface area (Å²) in [6.45, 7) is 2.45. The first kappa shape index (κ1) is 15.3. The molecule has 5 heteroatoms. The van der Waals surface area contributed by atoms with Gasteiger partial charge in [-0.15, -0.1) is 0 Å². The largest absolute Gasteiger partial charge is 0.397 e. The summed E-state index contributed by atoms with van der Waals surface area (Å²) < 4.78 is 5.06. The number of methoxy groups -OCH3 is 1. The molecule has 0 saturated heterocycles. The molecule has 0 spiro atoms. The number of carbonyl (C=O) groups excluding carboxylic acids is 1. The van der Waals surface area contributed by atoms with Crippen LogP contribution in [0.4, 0.5) is 11.4 Å². The Hall–Kier alpha value is -1.75. The Kier molecular flexibility index (Phi) is 5.18. The van der Waals surface area contributed by atoms with Crippen molar-refractivity contribution in [2.24, 2.45) is 0 Å². The maximum atomic E-state index is 12.3. The number of amides is 1. The highest BCUT2D eigenvalue weighted by molar-refractivity contribution is 5.96. The number of likely N-dealkylation sites (N-methyl/N-ethyl adjacent to an activating group) is 1. The second-order valence-electron chi connectivity index (χ2n) is 4.89. The molecule has 0 fully saturated rings. The van der Waals surface area contributed by atoms with E-state index in [9.17, 15) is 4.79 Å². The van der Waals surface area contributed by atoms with Crippen molar-refractivity contribution >= 4 is 17.3 Å². The number of carbonyl (C=O) groups is 1. The molecule has 0 radical (unpaired) electrons. The van der Waals surface area contributed by atoms with Gasteiger partial charge in [0.1, 0.15) is 0 Å². The number of benzene rings is 1. The zero-order valence-corrected chi connectivity index (χ0v) is 12.3. The zero-order chi connectivity index (χ0) is 14.6. The molecule has 5 nitrogen and oxygen atoms in total. The van der Waals surface area contributed by atoms with E-state index in [1.54, 1.807) is 31.2 Å². The van der Waals surface area contributed by atoms with E-state index in [0.717, 1.165) is 5.69 Å². The zero-order valence-electron chi connectivity index (χ0n) is 12.3. The highest BCUT2D eigenvalue weighted by Crippen LogP contribution is 2.23. The van der Waals surface area contributed by atoms with E-state index in [-0.39, 0.29) is 11.9 Å². The van der Waals surface area contributed by atoms with E-state index < -0.39 is 0 Å². The lowest BCUT2D eigenvalue weighted by Gasteiger charge is -2.25. The monoisotopic (exact) mass is 265 g/mol. The van der Waals surface area contributed by atoms with Crippen molar-refractivity contribution in [2.45, 2.75) is 13.0 Å². The van der Waals surface area contributed by atoms with Gasteiger partial charge in [-0.25, -0.2) is 0 Å². The van der Waals surface area contributed by atoms with Crippen molar-refractivity contribution in [3.05, 3.63) is 23.8 Å². The van der Waals surface area contributed by atoms with Gasteiger partial charge in [0, 0.05) is 33.8 Å². The van der Waals surface area contributed by atoms with Crippen LogP contribution in [0.5, 0.6) is 0 Å². The number of anilines is 2. The Balaban J connectivity index is 2.92. The predicted octanol–water partition coefficient (Wildman–Crippen LogP) is 1.44. The van der Waals surface area contributed by atoms with Crippen molar-refractivity contribution in [1.29, 1.82) is 0 Å². The molecule has 0 aliphatic carbocycles. The van der Waals surface area contributed by atoms with Crippen LogP contribution in [0.2, 0.25) is 0 Å². The van der Waals surface area contributed by atoms with Gasteiger partial charge in [-0.3, -0.25) is 4.79 Å². The highest BCUT2D eigenvalue weighted by atomic mass is 16.5. The summed E-state index contributed by atoms with van der Waals surface area (Å²) in [6, 6.07) is 5.39. The van der Waals surface area contributed by atoms with Crippen LogP contribution in [-0.4, -0.2) is 51.7 Å². The van der Waals surface area contributed by atoms with Gasteiger partial charge in [-0.2, -0.15) is 0 Å². The predicted molar refractivity (Wildman–Crippen MR) is 78.6 cm³/mol. The summed E-state index contributed by atoms with van der Waals surface area (Å²) in [4.78, 5) is 15.9. The van der Waals surface area contributed by atoms with Crippen LogP contribution < -0.4 is 10.6 Å². The standard InChI is InChI=1S/C14H23N3O2/c1-10(9-19-5)17(4)14(18)11-6-7-13(16(2)3)12(15)8-11/h6-8,10H,9,15H2,1-5H3. The number of hydrogen-bond donors (Lipinski definition) is 1. The molecular formula is C14H23N3O2. The molecule has 0 aromatic heterocycles. The summed E-state index contributed by atoms with van der Waals surface area (Å²) in [5, 5.41) is 0. The average Bonchev–Trinajstić information content (AvgIpc) is 2.36. The lowest BCUT2D eigenvalue weighted by molar-refractivity contribution is 0.0633. The molecule has 1 aromatic rings. The third kappa shape index (κ3) is 3.61. The van der Waals surface area contributed by atoms with Crippen LogP contribution in [0, 0.1) is 0 Å². The summed E-state index contributed by atoms with van der Waals surface area (Å²) in [7, 11) is 7.22. The van der Waals surface area contributed by atoms with Crippen LogP contribution in [0.3, 0.4) is 0 Å². The molecule has 0 bridgehead atoms. The Morgan fingerprint density at radius 3 is 2.47 bits per heavy atom. The van der Waals surface area contributed by atoms with Gasteiger partial charge in [-0.05, 0) is 25.1 Å². The molecule has 0 heterocycles. The number of hydrogen-bond acceptors (Lipinski definition) is 4. The molecule has 1 unspecified atom stereocenters. The maximum absolute atomic E-state index is 12.3. The minimum atomic E-state index is -0.0541. The van der Waals surface area contributed by atoms with Crippen LogP contribution in [-0.2, 0) is 4.74 Å². The van der Waals surface area contributed by atoms with Gasteiger partial charge in [0.2, 0.25) is 0 Å². The Bertz CT molecular complexity index is 446. The highest BCUT2D eigenvalue weighted by Gasteiger charge is 2.18. The third-order valence-electron chi connectivity index (χ3n) is 3.15. The van der Waals surface area contributed by atoms with Gasteiger partial charge >= 0.3 is 0 Å². The molecule has 1 aromatic carbocycles. The van der Waals surface area contributed by atoms with Gasteiger partial charge in [0.05, 0.1) is 24.0 Å². The topological polar surface area (TPSA) is 58.8 Å². The van der Waals surface area contributed by atoms with E-state index >= 15 is 0 Å². The quantitative estimate of drug-likeness (QED) is 0.818. The molecule has 0 aliphatic rings. The fraction of sp³-hybridized carbons (Fsp3) is 0.500. The molecule has 1 atom stereocenters. The first-order valence-electron chi connectivity index (χ1n) is 6.21. The van der Waals surface area contributed by atoms with Gasteiger partial charge in [0.25, 0.3) is 5.91 Å². The minimum Gasteiger partial charge on any atom is -0.397 e. The van der Waals surface area contributed by atoms with Crippen molar-refractivity contribution in [3.8, 4) is 0 Å². The Morgan fingerprint density at radius 1 is 1.37 bits per heavy atom. The van der Waals surface area contributed by atoms with Gasteiger partial charge < -0.3 is 20.3 Å². The van der Waals surface area contributed by atoms with Gasteiger partial charge in [0.15, 0.2) is 0 Å². The van der Waals surface area contributed by atoms with E-state index in [0.29, 0.717) is 17.9 Å². The molecule has 0 aliphatic heterocycles. The number of nitrogens with two attached hydrogens (primary N) is 1. The first-order valence-corrected chi connectivity index (χ1v) is 6.21. The second kappa shape index (κ2) is 6.43. The van der Waals surface area contributed by atoms with Crippen LogP contribution in [0.25, 0.3) is 0 Å². The van der Waals surface area contributed by atoms with E-state index in [1.165, 1.54) is 0 Å². The number of nitrogen functional groups attached to an aromatic ring is 1. The SMILES string of the molecule is COCC(C)N(C)C(=O)c1ccc(N(C)C)c(N)c1. The molecule has 2 N–H and O–H groups in total. The van der Waals surface area contributed by atoms with E-state index in [1.807, 2.05) is 32.0 Å². The second-order valence-corrected chi connectivity index (χ2v) is 4.89. The third-order valence-corrected chi connectivity index (χ3v) is 3.15. The van der Waals surface area contributed by atoms with Crippen molar-refractivity contribution in [1.82, 2.24) is 4.90 Å². The summed E-state index contributed by atoms with van der Waals surface area (Å²) in [5.74, 6) is -0.0541. The number of nitrogens with zero attached hydrogens (tertiary/aromatic N) is 2. The summed E-state index contributed by atoms with van der Waals surface area (Å²) >= 11 is 0. The van der Waals surface area contributed by atoms with Gasteiger partial charge in [-0.1, -0.05) is 0 Å². The summed E-state index contributed by atoms with van der Waals surface area (Å²) in [6.07, 6.45) is 0. The lowest BCUT2D eigenvalue weighted by atomic mass is 10.1. The molecule has 19 heavy (non-hydrogen) atoms. The average molecular weight is 265 g/mol. The summed E-state index contributed by atoms with van der Waals surface area (Å²) in [5.41, 5.74) is 8.06. The van der Waals surface area contributed by atoms with E-state index in [2.05, 4.69) is 0 Å². The normalized spacial score (nSPS) is 12.1. The number of ether oxygens (including phenoxy) is 1. The molecule has 1 amide bonds. The van der Waals surface area contributed by atoms with E-state index in [4.69, 9.17) is 10.5 Å². The first-order chi connectivity index (χ1) is 8.88. The minimum absolute atomic E-state index is 0.0206. The smallest absolute Gasteiger partial charge is 0.253 e. The van der Waals surface area contributed by atoms with Crippen molar-refractivity contribution in [3.63, 3.8) is 0 Å². The molecule has 106 valence electrons. The fourth-order valence-corrected chi connectivity index (χ4v) is 1.85. The maximum Gasteiger partial charge on any atom is 0.253 e. The Labute approximate surface area is 114 Å². The molecule has 0 saturated carbocycles. The number of rotatable bonds is 5. The van der Waals surface area contributed by atoms with Crippen molar-refractivity contribution < 1.29 is 9.53 Å². The molecular weight excluding hydrogens is 242 g/mol. The van der Waals surface area contributed by atoms with Crippen LogP contribution in [0.1, 0.15) is 17.3 Å². The van der Waals surface area contributed by atoms with Crippen LogP contribution >= 0.6 is 0 Å². The van der Waals surface area contributed by atoms with Crippen LogP contribution in [0.15, 0.2) is 18.2 Å².